The molecule has 2 aromatic carbocycles. The molecule has 0 spiro atoms. The Balaban J connectivity index is 2.15. The molecule has 0 aliphatic rings. The third-order valence-corrected chi connectivity index (χ3v) is 3.77. The molecule has 2 nitrogen and oxygen atoms in total. The van der Waals surface area contributed by atoms with Gasteiger partial charge in [0.25, 0.3) is 0 Å². The third-order valence-electron chi connectivity index (χ3n) is 3.28. The molecule has 1 heterocycles. The number of ketones is 1. The second-order valence-electron chi connectivity index (χ2n) is 4.54. The Morgan fingerprint density at radius 2 is 1.89 bits per heavy atom. The fourth-order valence-corrected chi connectivity index (χ4v) is 2.62. The number of halogens is 1. The molecule has 0 amide bonds. The van der Waals surface area contributed by atoms with Crippen LogP contribution in [0.1, 0.15) is 21.5 Å². The molecule has 3 aromatic rings. The molecule has 3 rings (SSSR count). The lowest BCUT2D eigenvalue weighted by molar-refractivity contribution is 0.104. The van der Waals surface area contributed by atoms with Crippen LogP contribution in [0.15, 0.2) is 53.1 Å². The molecule has 3 heteroatoms. The molecule has 0 saturated carbocycles. The molecule has 94 valence electrons. The van der Waals surface area contributed by atoms with Gasteiger partial charge in [-0.2, -0.15) is 0 Å². The molecule has 0 saturated heterocycles. The van der Waals surface area contributed by atoms with E-state index in [9.17, 15) is 4.79 Å². The van der Waals surface area contributed by atoms with Gasteiger partial charge >= 0.3 is 0 Å². The minimum Gasteiger partial charge on any atom is -0.360 e. The Hall–Kier alpha value is -1.87. The second-order valence-corrected chi connectivity index (χ2v) is 5.45. The Morgan fingerprint density at radius 3 is 2.68 bits per heavy atom. The Kier molecular flexibility index (Phi) is 2.99. The van der Waals surface area contributed by atoms with Crippen LogP contribution < -0.4 is 0 Å². The van der Waals surface area contributed by atoms with Gasteiger partial charge in [-0.3, -0.25) is 4.79 Å². The molecule has 0 bridgehead atoms. The number of nitrogens with one attached hydrogen (secondary N) is 1. The molecule has 0 fully saturated rings. The first-order valence-corrected chi connectivity index (χ1v) is 6.83. The molecule has 0 aliphatic carbocycles. The normalized spacial score (nSPS) is 10.8. The smallest absolute Gasteiger partial charge is 0.195 e. The molecule has 0 atom stereocenters. The highest BCUT2D eigenvalue weighted by Gasteiger charge is 2.15. The number of hydrogen-bond donors (Lipinski definition) is 1. The average molecular weight is 314 g/mol. The number of aryl methyl sites for hydroxylation is 1. The molecular weight excluding hydrogens is 302 g/mol. The zero-order chi connectivity index (χ0) is 13.4. The molecule has 0 aliphatic heterocycles. The van der Waals surface area contributed by atoms with Crippen molar-refractivity contribution in [1.29, 1.82) is 0 Å². The number of aromatic amines is 1. The van der Waals surface area contributed by atoms with Gasteiger partial charge in [-0.1, -0.05) is 46.3 Å². The Morgan fingerprint density at radius 1 is 1.11 bits per heavy atom. The summed E-state index contributed by atoms with van der Waals surface area (Å²) in [7, 11) is 0. The van der Waals surface area contributed by atoms with Crippen molar-refractivity contribution >= 4 is 32.6 Å². The van der Waals surface area contributed by atoms with Crippen LogP contribution >= 0.6 is 15.9 Å². The van der Waals surface area contributed by atoms with Crippen molar-refractivity contribution in [2.24, 2.45) is 0 Å². The number of H-pyrrole nitrogens is 1. The number of rotatable bonds is 2. The predicted molar refractivity (Wildman–Crippen MR) is 80.6 cm³/mol. The van der Waals surface area contributed by atoms with Crippen LogP contribution in [0, 0.1) is 6.92 Å². The van der Waals surface area contributed by atoms with Crippen LogP contribution in [0.25, 0.3) is 10.9 Å². The monoisotopic (exact) mass is 313 g/mol. The highest BCUT2D eigenvalue weighted by Crippen LogP contribution is 2.25. The summed E-state index contributed by atoms with van der Waals surface area (Å²) in [4.78, 5) is 15.7. The second kappa shape index (κ2) is 4.67. The van der Waals surface area contributed by atoms with Crippen LogP contribution in [0.4, 0.5) is 0 Å². The molecule has 0 unspecified atom stereocenters. The van der Waals surface area contributed by atoms with E-state index in [4.69, 9.17) is 0 Å². The minimum absolute atomic E-state index is 0.0617. The van der Waals surface area contributed by atoms with Gasteiger partial charge in [0.05, 0.1) is 0 Å². The first kappa shape index (κ1) is 12.2. The van der Waals surface area contributed by atoms with Gasteiger partial charge < -0.3 is 4.98 Å². The van der Waals surface area contributed by atoms with Crippen molar-refractivity contribution < 1.29 is 4.79 Å². The van der Waals surface area contributed by atoms with Crippen molar-refractivity contribution in [2.45, 2.75) is 6.92 Å². The number of carbonyl (C=O) groups is 1. The maximum absolute atomic E-state index is 12.6. The lowest BCUT2D eigenvalue weighted by atomic mass is 9.99. The predicted octanol–water partition coefficient (Wildman–Crippen LogP) is 4.47. The number of carbonyl (C=O) groups excluding carboxylic acids is 1. The van der Waals surface area contributed by atoms with Gasteiger partial charge in [0.15, 0.2) is 5.78 Å². The molecule has 19 heavy (non-hydrogen) atoms. The van der Waals surface area contributed by atoms with Gasteiger partial charge in [-0.15, -0.1) is 0 Å². The van der Waals surface area contributed by atoms with Gasteiger partial charge in [0.1, 0.15) is 0 Å². The van der Waals surface area contributed by atoms with E-state index in [0.717, 1.165) is 32.1 Å². The Labute approximate surface area is 119 Å². The summed E-state index contributed by atoms with van der Waals surface area (Å²) in [5.74, 6) is 0.0617. The standard InChI is InChI=1S/C16H12BrNO/c1-10-4-2-3-5-12(10)16(19)14-9-18-15-8-11(17)6-7-13(14)15/h2-9,18H,1H3. The molecule has 1 aromatic heterocycles. The third kappa shape index (κ3) is 2.10. The maximum atomic E-state index is 12.6. The fraction of sp³-hybridized carbons (Fsp3) is 0.0625. The topological polar surface area (TPSA) is 32.9 Å². The Bertz CT molecular complexity index is 773. The van der Waals surface area contributed by atoms with E-state index in [0.29, 0.717) is 0 Å². The number of fused-ring (bicyclic) bond motifs is 1. The summed E-state index contributed by atoms with van der Waals surface area (Å²) < 4.78 is 0.997. The summed E-state index contributed by atoms with van der Waals surface area (Å²) in [6.07, 6.45) is 1.78. The average Bonchev–Trinajstić information content (AvgIpc) is 2.81. The van der Waals surface area contributed by atoms with Crippen LogP contribution in [-0.4, -0.2) is 10.8 Å². The van der Waals surface area contributed by atoms with E-state index in [-0.39, 0.29) is 5.78 Å². The van der Waals surface area contributed by atoms with Crippen molar-refractivity contribution in [2.75, 3.05) is 0 Å². The van der Waals surface area contributed by atoms with Crippen molar-refractivity contribution in [3.63, 3.8) is 0 Å². The summed E-state index contributed by atoms with van der Waals surface area (Å²) in [5.41, 5.74) is 3.44. The minimum atomic E-state index is 0.0617. The van der Waals surface area contributed by atoms with E-state index >= 15 is 0 Å². The van der Waals surface area contributed by atoms with Crippen LogP contribution in [0.5, 0.6) is 0 Å². The SMILES string of the molecule is Cc1ccccc1C(=O)c1c[nH]c2cc(Br)ccc12. The van der Waals surface area contributed by atoms with Crippen molar-refractivity contribution in [3.8, 4) is 0 Å². The van der Waals surface area contributed by atoms with Crippen LogP contribution in [0.3, 0.4) is 0 Å². The van der Waals surface area contributed by atoms with Crippen LogP contribution in [-0.2, 0) is 0 Å². The highest BCUT2D eigenvalue weighted by molar-refractivity contribution is 9.10. The van der Waals surface area contributed by atoms with Gasteiger partial charge in [-0.25, -0.2) is 0 Å². The zero-order valence-corrected chi connectivity index (χ0v) is 12.0. The summed E-state index contributed by atoms with van der Waals surface area (Å²) in [6.45, 7) is 1.96. The van der Waals surface area contributed by atoms with Crippen LogP contribution in [0.2, 0.25) is 0 Å². The van der Waals surface area contributed by atoms with E-state index in [1.807, 2.05) is 49.4 Å². The van der Waals surface area contributed by atoms with Gasteiger partial charge in [-0.05, 0) is 24.6 Å². The zero-order valence-electron chi connectivity index (χ0n) is 10.4. The number of benzene rings is 2. The van der Waals surface area contributed by atoms with E-state index in [1.54, 1.807) is 6.20 Å². The first-order chi connectivity index (χ1) is 9.16. The lowest BCUT2D eigenvalue weighted by Gasteiger charge is -2.03. The van der Waals surface area contributed by atoms with Crippen molar-refractivity contribution in [3.05, 3.63) is 69.8 Å². The largest absolute Gasteiger partial charge is 0.360 e. The molecule has 0 radical (unpaired) electrons. The summed E-state index contributed by atoms with van der Waals surface area (Å²) in [5, 5.41) is 0.955. The number of hydrogen-bond acceptors (Lipinski definition) is 1. The van der Waals surface area contributed by atoms with Gasteiger partial charge in [0.2, 0.25) is 0 Å². The maximum Gasteiger partial charge on any atom is 0.195 e. The number of aromatic nitrogens is 1. The van der Waals surface area contributed by atoms with E-state index < -0.39 is 0 Å². The summed E-state index contributed by atoms with van der Waals surface area (Å²) >= 11 is 3.43. The lowest BCUT2D eigenvalue weighted by Crippen LogP contribution is -2.02. The van der Waals surface area contributed by atoms with Gasteiger partial charge in [0, 0.05) is 32.7 Å². The quantitative estimate of drug-likeness (QED) is 0.696. The molecule has 1 N–H and O–H groups in total. The first-order valence-electron chi connectivity index (χ1n) is 6.04. The van der Waals surface area contributed by atoms with Crippen molar-refractivity contribution in [1.82, 2.24) is 4.98 Å². The fourth-order valence-electron chi connectivity index (χ4n) is 2.26. The molecular formula is C16H12BrNO. The summed E-state index contributed by atoms with van der Waals surface area (Å²) in [6, 6.07) is 13.5. The van der Waals surface area contributed by atoms with E-state index in [2.05, 4.69) is 20.9 Å². The van der Waals surface area contributed by atoms with E-state index in [1.165, 1.54) is 0 Å². The highest BCUT2D eigenvalue weighted by atomic mass is 79.9.